The van der Waals surface area contributed by atoms with Crippen LogP contribution in [-0.2, 0) is 47.3 Å². The van der Waals surface area contributed by atoms with Crippen molar-refractivity contribution in [1.29, 1.82) is 0 Å². The second kappa shape index (κ2) is 26.0. The molecule has 2 heterocycles. The van der Waals surface area contributed by atoms with E-state index in [0.717, 1.165) is 106 Å². The highest BCUT2D eigenvalue weighted by Crippen LogP contribution is 2.45. The molecule has 1 aliphatic carbocycles. The fraction of sp³-hybridized carbons (Fsp3) is 0.474. The number of hydrogen-bond donors (Lipinski definition) is 0. The lowest BCUT2D eigenvalue weighted by Crippen LogP contribution is -2.30. The number of ether oxygens (including phenoxy) is 4. The number of rotatable bonds is 20. The monoisotopic (exact) mass is 1160 g/mol. The molecule has 0 atom stereocenters. The first-order valence-electron chi connectivity index (χ1n) is 31.8. The molecule has 456 valence electrons. The Labute approximate surface area is 513 Å². The van der Waals surface area contributed by atoms with E-state index >= 15 is 0 Å². The fourth-order valence-electron chi connectivity index (χ4n) is 12.1. The van der Waals surface area contributed by atoms with Crippen molar-refractivity contribution in [2.24, 2.45) is 0 Å². The van der Waals surface area contributed by atoms with Crippen LogP contribution in [0.3, 0.4) is 0 Å². The summed E-state index contributed by atoms with van der Waals surface area (Å²) in [5.74, 6) is 2.63. The second-order valence-electron chi connectivity index (χ2n) is 28.3. The molecule has 0 unspecified atom stereocenters. The molecule has 86 heavy (non-hydrogen) atoms. The molecule has 4 amide bonds. The lowest BCUT2D eigenvalue weighted by atomic mass is 9.79. The summed E-state index contributed by atoms with van der Waals surface area (Å²) in [4.78, 5) is 56.1. The molecule has 2 aliphatic heterocycles. The predicted molar refractivity (Wildman–Crippen MR) is 346 cm³/mol. The highest BCUT2D eigenvalue weighted by atomic mass is 16.5. The number of nitrogens with zero attached hydrogens (tertiary/aromatic N) is 2. The Bertz CT molecular complexity index is 3210. The normalized spacial score (nSPS) is 14.4. The third-order valence-electron chi connectivity index (χ3n) is 17.2. The van der Waals surface area contributed by atoms with E-state index in [-0.39, 0.29) is 45.3 Å². The summed E-state index contributed by atoms with van der Waals surface area (Å²) < 4.78 is 28.7. The number of carbonyl (C=O) groups is 4. The molecule has 0 saturated carbocycles. The van der Waals surface area contributed by atoms with Crippen LogP contribution in [0.25, 0.3) is 0 Å². The van der Waals surface area contributed by atoms with E-state index in [4.69, 9.17) is 18.9 Å². The number of benzene rings is 6. The SMILES string of the molecule is CCCOc1c2cc(C(C)(C)C)cc1Cc1cc(C(C)(C)C)cc(c1OCCCCCN1C(=O)c3ccccc3C1=O)Cc1cc(C(C)(C)C)cc(c1OCCCCCN1C(=O)c3ccccc3C1=O)Cc1cc(C(C)(C)C)cc(c1OCCC)C2. The zero-order chi connectivity index (χ0) is 61.9. The van der Waals surface area contributed by atoms with Gasteiger partial charge in [0.05, 0.1) is 48.7 Å². The predicted octanol–water partition coefficient (Wildman–Crippen LogP) is 16.8. The van der Waals surface area contributed by atoms with Crippen LogP contribution >= 0.6 is 0 Å². The first-order chi connectivity index (χ1) is 40.8. The van der Waals surface area contributed by atoms with Gasteiger partial charge in [0.2, 0.25) is 0 Å². The molecule has 0 saturated heterocycles. The summed E-state index contributed by atoms with van der Waals surface area (Å²) in [6, 6.07) is 33.1. The third kappa shape index (κ3) is 14.1. The van der Waals surface area contributed by atoms with Crippen LogP contribution in [0.1, 0.15) is 256 Å². The van der Waals surface area contributed by atoms with Gasteiger partial charge < -0.3 is 18.9 Å². The molecule has 8 bridgehead atoms. The standard InChI is InChI=1S/C76H94N2O8/c1-15-33-83-65-49-37-50-42-58(74(6,7)8)44-52(66(50)84-34-16-2)39-54-46-60(76(12,13)14)48-56(68(54)86-36-26-18-24-32-78-71(81)63-29-21-22-30-64(63)72(78)82)40-55-47-59(75(9,10)11)45-53(38-51(65)43-57(41-49)73(3,4)5)67(55)85-35-25-17-23-31-77-69(79)61-27-19-20-28-62(61)70(77)80/h19-22,27-30,41-48H,15-18,23-26,31-40H2,1-14H3. The topological polar surface area (TPSA) is 112 Å². The van der Waals surface area contributed by atoms with E-state index < -0.39 is 0 Å². The van der Waals surface area contributed by atoms with Crippen molar-refractivity contribution in [3.63, 3.8) is 0 Å². The van der Waals surface area contributed by atoms with Crippen LogP contribution in [-0.4, -0.2) is 72.9 Å². The lowest BCUT2D eigenvalue weighted by molar-refractivity contribution is 0.0635. The van der Waals surface area contributed by atoms with E-state index in [1.54, 1.807) is 48.5 Å². The van der Waals surface area contributed by atoms with Crippen molar-refractivity contribution in [2.45, 2.75) is 196 Å². The number of unbranched alkanes of at least 4 members (excludes halogenated alkanes) is 4. The number of amides is 4. The van der Waals surface area contributed by atoms with Gasteiger partial charge >= 0.3 is 0 Å². The minimum absolute atomic E-state index is 0.180. The average molecular weight is 1160 g/mol. The Morgan fingerprint density at radius 2 is 0.547 bits per heavy atom. The summed E-state index contributed by atoms with van der Waals surface area (Å²) in [7, 11) is 0. The molecular formula is C76H94N2O8. The van der Waals surface area contributed by atoms with Gasteiger partial charge in [-0.1, -0.05) is 170 Å². The Kier molecular flexibility index (Phi) is 19.2. The van der Waals surface area contributed by atoms with E-state index in [9.17, 15) is 19.2 Å². The molecule has 6 aromatic carbocycles. The Balaban J connectivity index is 1.18. The molecule has 3 aliphatic rings. The van der Waals surface area contributed by atoms with Gasteiger partial charge in [0, 0.05) is 38.8 Å². The van der Waals surface area contributed by atoms with Crippen molar-refractivity contribution in [3.05, 3.63) is 186 Å². The minimum atomic E-state index is -0.225. The molecule has 0 spiro atoms. The zero-order valence-electron chi connectivity index (χ0n) is 54.1. The largest absolute Gasteiger partial charge is 0.493 e. The number of hydrogen-bond acceptors (Lipinski definition) is 8. The smallest absolute Gasteiger partial charge is 0.261 e. The van der Waals surface area contributed by atoms with Crippen LogP contribution < -0.4 is 18.9 Å². The molecule has 0 aromatic heterocycles. The van der Waals surface area contributed by atoms with Gasteiger partial charge in [-0.25, -0.2) is 0 Å². The van der Waals surface area contributed by atoms with Crippen molar-refractivity contribution >= 4 is 23.6 Å². The quantitative estimate of drug-likeness (QED) is 0.0548. The molecule has 0 N–H and O–H groups in total. The highest BCUT2D eigenvalue weighted by Gasteiger charge is 2.36. The molecule has 10 nitrogen and oxygen atoms in total. The summed E-state index contributed by atoms with van der Waals surface area (Å²) in [5.41, 5.74) is 14.8. The van der Waals surface area contributed by atoms with Crippen LogP contribution in [0.5, 0.6) is 23.0 Å². The number of imide groups is 2. The Morgan fingerprint density at radius 1 is 0.326 bits per heavy atom. The van der Waals surface area contributed by atoms with Gasteiger partial charge in [-0.2, -0.15) is 0 Å². The zero-order valence-corrected chi connectivity index (χ0v) is 54.1. The molecule has 9 rings (SSSR count). The molecule has 0 radical (unpaired) electrons. The highest BCUT2D eigenvalue weighted by molar-refractivity contribution is 6.22. The van der Waals surface area contributed by atoms with Crippen LogP contribution in [0.15, 0.2) is 97.1 Å². The van der Waals surface area contributed by atoms with Gasteiger partial charge in [-0.3, -0.25) is 29.0 Å². The van der Waals surface area contributed by atoms with E-state index in [1.165, 1.54) is 32.1 Å². The summed E-state index contributed by atoms with van der Waals surface area (Å²) in [5, 5.41) is 0. The average Bonchev–Trinajstić information content (AvgIpc) is 1.24. The second-order valence-corrected chi connectivity index (χ2v) is 28.3. The fourth-order valence-corrected chi connectivity index (χ4v) is 12.1. The van der Waals surface area contributed by atoms with Gasteiger partial charge in [-0.05, 0) is 164 Å². The Hall–Kier alpha value is -7.20. The van der Waals surface area contributed by atoms with Gasteiger partial charge in [0.15, 0.2) is 0 Å². The first-order valence-corrected chi connectivity index (χ1v) is 31.8. The van der Waals surface area contributed by atoms with Crippen LogP contribution in [0, 0.1) is 0 Å². The van der Waals surface area contributed by atoms with Gasteiger partial charge in [0.1, 0.15) is 23.0 Å². The third-order valence-corrected chi connectivity index (χ3v) is 17.2. The van der Waals surface area contributed by atoms with E-state index in [2.05, 4.69) is 145 Å². The van der Waals surface area contributed by atoms with E-state index in [1.807, 2.05) is 0 Å². The molecule has 10 heteroatoms. The number of fused-ring (bicyclic) bond motifs is 10. The molecular weight excluding hydrogens is 1070 g/mol. The van der Waals surface area contributed by atoms with Gasteiger partial charge in [-0.15, -0.1) is 0 Å². The van der Waals surface area contributed by atoms with Crippen molar-refractivity contribution in [3.8, 4) is 23.0 Å². The maximum Gasteiger partial charge on any atom is 0.261 e. The summed E-state index contributed by atoms with van der Waals surface area (Å²) in [6.45, 7) is 34.5. The maximum atomic E-state index is 13.3. The molecule has 6 aromatic rings. The van der Waals surface area contributed by atoms with Crippen LogP contribution in [0.2, 0.25) is 0 Å². The summed E-state index contributed by atoms with van der Waals surface area (Å²) >= 11 is 0. The lowest BCUT2D eigenvalue weighted by Gasteiger charge is -2.29. The minimum Gasteiger partial charge on any atom is -0.493 e. The van der Waals surface area contributed by atoms with Crippen molar-refractivity contribution in [2.75, 3.05) is 39.5 Å². The van der Waals surface area contributed by atoms with Crippen molar-refractivity contribution in [1.82, 2.24) is 9.80 Å². The number of carbonyl (C=O) groups excluding carboxylic acids is 4. The Morgan fingerprint density at radius 3 is 0.756 bits per heavy atom. The maximum absolute atomic E-state index is 13.3. The summed E-state index contributed by atoms with van der Waals surface area (Å²) in [6.07, 6.45) is 8.25. The van der Waals surface area contributed by atoms with E-state index in [0.29, 0.717) is 100 Å². The van der Waals surface area contributed by atoms with Gasteiger partial charge in [0.25, 0.3) is 23.6 Å². The van der Waals surface area contributed by atoms with Crippen LogP contribution in [0.4, 0.5) is 0 Å². The molecule has 0 fully saturated rings. The first kappa shape index (κ1) is 63.3. The van der Waals surface area contributed by atoms with Crippen molar-refractivity contribution < 1.29 is 38.1 Å².